The molecule has 0 aliphatic carbocycles. The Morgan fingerprint density at radius 1 is 0.850 bits per heavy atom. The van der Waals surface area contributed by atoms with E-state index >= 15 is 0 Å². The number of aryl methyl sites for hydroxylation is 2. The largest absolute Gasteiger partial charge is 0.353 e. The molecular formula is C14H18N6. The Morgan fingerprint density at radius 2 is 1.55 bits per heavy atom. The van der Waals surface area contributed by atoms with Crippen LogP contribution in [0.2, 0.25) is 0 Å². The van der Waals surface area contributed by atoms with E-state index in [0.29, 0.717) is 0 Å². The van der Waals surface area contributed by atoms with Gasteiger partial charge in [-0.15, -0.1) is 0 Å². The third-order valence-corrected chi connectivity index (χ3v) is 3.43. The molecule has 0 amide bonds. The smallest absolute Gasteiger partial charge is 0.225 e. The second kappa shape index (κ2) is 5.40. The van der Waals surface area contributed by atoms with Crippen LogP contribution in [0, 0.1) is 13.8 Å². The van der Waals surface area contributed by atoms with E-state index in [1.807, 2.05) is 38.4 Å². The van der Waals surface area contributed by atoms with Gasteiger partial charge in [0.15, 0.2) is 0 Å². The van der Waals surface area contributed by atoms with E-state index in [9.17, 15) is 0 Å². The van der Waals surface area contributed by atoms with Gasteiger partial charge >= 0.3 is 0 Å². The Balaban J connectivity index is 1.68. The highest BCUT2D eigenvalue weighted by Crippen LogP contribution is 2.16. The minimum Gasteiger partial charge on any atom is -0.353 e. The highest BCUT2D eigenvalue weighted by atomic mass is 15.3. The Morgan fingerprint density at radius 3 is 2.25 bits per heavy atom. The molecule has 3 heterocycles. The number of rotatable bonds is 2. The fourth-order valence-corrected chi connectivity index (χ4v) is 2.34. The molecule has 104 valence electrons. The van der Waals surface area contributed by atoms with Gasteiger partial charge < -0.3 is 9.80 Å². The quantitative estimate of drug-likeness (QED) is 0.817. The Kier molecular flexibility index (Phi) is 3.45. The summed E-state index contributed by atoms with van der Waals surface area (Å²) in [6.45, 7) is 7.58. The highest BCUT2D eigenvalue weighted by molar-refractivity contribution is 5.41. The van der Waals surface area contributed by atoms with Crippen LogP contribution in [-0.4, -0.2) is 46.1 Å². The van der Waals surface area contributed by atoms with Crippen molar-refractivity contribution in [2.24, 2.45) is 0 Å². The normalized spacial score (nSPS) is 15.5. The van der Waals surface area contributed by atoms with E-state index in [2.05, 4.69) is 29.7 Å². The number of nitrogens with zero attached hydrogens (tertiary/aromatic N) is 6. The summed E-state index contributed by atoms with van der Waals surface area (Å²) in [7, 11) is 0. The van der Waals surface area contributed by atoms with Crippen molar-refractivity contribution in [1.29, 1.82) is 0 Å². The third-order valence-electron chi connectivity index (χ3n) is 3.43. The molecule has 0 atom stereocenters. The summed E-state index contributed by atoms with van der Waals surface area (Å²) >= 11 is 0. The average Bonchev–Trinajstić information content (AvgIpc) is 2.47. The van der Waals surface area contributed by atoms with Crippen molar-refractivity contribution in [1.82, 2.24) is 19.9 Å². The lowest BCUT2D eigenvalue weighted by Gasteiger charge is -2.35. The summed E-state index contributed by atoms with van der Waals surface area (Å²) in [5.41, 5.74) is 1.00. The summed E-state index contributed by atoms with van der Waals surface area (Å²) in [4.78, 5) is 21.9. The van der Waals surface area contributed by atoms with Crippen molar-refractivity contribution in [3.63, 3.8) is 0 Å². The number of hydrogen-bond acceptors (Lipinski definition) is 6. The zero-order valence-electron chi connectivity index (χ0n) is 11.8. The van der Waals surface area contributed by atoms with Gasteiger partial charge in [0, 0.05) is 44.3 Å². The second-order valence-corrected chi connectivity index (χ2v) is 4.93. The van der Waals surface area contributed by atoms with Gasteiger partial charge in [0.05, 0.1) is 0 Å². The van der Waals surface area contributed by atoms with Crippen LogP contribution in [0.3, 0.4) is 0 Å². The molecule has 3 rings (SSSR count). The van der Waals surface area contributed by atoms with Crippen molar-refractivity contribution in [2.75, 3.05) is 36.0 Å². The molecule has 0 bridgehead atoms. The van der Waals surface area contributed by atoms with Crippen LogP contribution in [0.5, 0.6) is 0 Å². The maximum Gasteiger partial charge on any atom is 0.225 e. The fourth-order valence-electron chi connectivity index (χ4n) is 2.34. The average molecular weight is 270 g/mol. The molecule has 2 aromatic rings. The van der Waals surface area contributed by atoms with Crippen molar-refractivity contribution in [3.05, 3.63) is 36.0 Å². The first kappa shape index (κ1) is 12.8. The molecule has 0 spiro atoms. The summed E-state index contributed by atoms with van der Waals surface area (Å²) in [5.74, 6) is 2.64. The zero-order valence-corrected chi connectivity index (χ0v) is 11.8. The zero-order chi connectivity index (χ0) is 13.9. The Labute approximate surface area is 118 Å². The van der Waals surface area contributed by atoms with Crippen LogP contribution in [-0.2, 0) is 0 Å². The molecule has 0 N–H and O–H groups in total. The van der Waals surface area contributed by atoms with Crippen LogP contribution in [0.25, 0.3) is 0 Å². The Hall–Kier alpha value is -2.24. The number of hydrogen-bond donors (Lipinski definition) is 0. The minimum absolute atomic E-state index is 0.812. The van der Waals surface area contributed by atoms with Crippen molar-refractivity contribution in [2.45, 2.75) is 13.8 Å². The minimum atomic E-state index is 0.812. The van der Waals surface area contributed by atoms with Gasteiger partial charge in [-0.05, 0) is 26.0 Å². The molecule has 6 nitrogen and oxygen atoms in total. The van der Waals surface area contributed by atoms with Gasteiger partial charge in [0.25, 0.3) is 0 Å². The van der Waals surface area contributed by atoms with Crippen LogP contribution in [0.1, 0.15) is 11.5 Å². The SMILES string of the molecule is Cc1ccnc(N2CCN(c3ccnc(C)n3)CC2)n1. The van der Waals surface area contributed by atoms with Crippen molar-refractivity contribution < 1.29 is 0 Å². The highest BCUT2D eigenvalue weighted by Gasteiger charge is 2.19. The van der Waals surface area contributed by atoms with Crippen molar-refractivity contribution in [3.8, 4) is 0 Å². The number of anilines is 2. The van der Waals surface area contributed by atoms with Gasteiger partial charge in [-0.2, -0.15) is 0 Å². The van der Waals surface area contributed by atoms with E-state index in [1.165, 1.54) is 0 Å². The molecule has 0 unspecified atom stereocenters. The molecule has 20 heavy (non-hydrogen) atoms. The fraction of sp³-hybridized carbons (Fsp3) is 0.429. The van der Waals surface area contributed by atoms with E-state index in [1.54, 1.807) is 0 Å². The summed E-state index contributed by atoms with van der Waals surface area (Å²) in [6, 6.07) is 3.88. The van der Waals surface area contributed by atoms with Gasteiger partial charge in [-0.3, -0.25) is 0 Å². The third kappa shape index (κ3) is 2.68. The second-order valence-electron chi connectivity index (χ2n) is 4.93. The Bertz CT molecular complexity index is 538. The van der Waals surface area contributed by atoms with Crippen LogP contribution in [0.15, 0.2) is 24.5 Å². The van der Waals surface area contributed by atoms with Crippen LogP contribution < -0.4 is 9.80 Å². The molecule has 1 saturated heterocycles. The summed E-state index contributed by atoms with van der Waals surface area (Å²) in [6.07, 6.45) is 3.63. The van der Waals surface area contributed by atoms with E-state index < -0.39 is 0 Å². The van der Waals surface area contributed by atoms with E-state index in [0.717, 1.165) is 49.5 Å². The van der Waals surface area contributed by atoms with E-state index in [-0.39, 0.29) is 0 Å². The predicted molar refractivity (Wildman–Crippen MR) is 78.0 cm³/mol. The van der Waals surface area contributed by atoms with Gasteiger partial charge in [0.1, 0.15) is 11.6 Å². The molecular weight excluding hydrogens is 252 g/mol. The van der Waals surface area contributed by atoms with Gasteiger partial charge in [-0.25, -0.2) is 19.9 Å². The maximum atomic E-state index is 4.48. The predicted octanol–water partition coefficient (Wildman–Crippen LogP) is 1.21. The lowest BCUT2D eigenvalue weighted by molar-refractivity contribution is 0.632. The lowest BCUT2D eigenvalue weighted by atomic mass is 10.3. The first-order chi connectivity index (χ1) is 9.72. The van der Waals surface area contributed by atoms with E-state index in [4.69, 9.17) is 0 Å². The van der Waals surface area contributed by atoms with Crippen LogP contribution in [0.4, 0.5) is 11.8 Å². The standard InChI is InChI=1S/C14H18N6/c1-11-3-5-16-14(17-11)20-9-7-19(8-10-20)13-4-6-15-12(2)18-13/h3-6H,7-10H2,1-2H3. The molecule has 0 aromatic carbocycles. The molecule has 2 aromatic heterocycles. The summed E-state index contributed by atoms with van der Waals surface area (Å²) < 4.78 is 0. The number of aromatic nitrogens is 4. The summed E-state index contributed by atoms with van der Waals surface area (Å²) in [5, 5.41) is 0. The molecule has 6 heteroatoms. The molecule has 1 fully saturated rings. The monoisotopic (exact) mass is 270 g/mol. The topological polar surface area (TPSA) is 58.0 Å². The molecule has 1 aliphatic rings. The van der Waals surface area contributed by atoms with Crippen LogP contribution >= 0.6 is 0 Å². The number of piperazine rings is 1. The first-order valence-corrected chi connectivity index (χ1v) is 6.81. The molecule has 0 saturated carbocycles. The first-order valence-electron chi connectivity index (χ1n) is 6.81. The molecule has 0 radical (unpaired) electrons. The van der Waals surface area contributed by atoms with Crippen molar-refractivity contribution >= 4 is 11.8 Å². The lowest BCUT2D eigenvalue weighted by Crippen LogP contribution is -2.47. The van der Waals surface area contributed by atoms with Gasteiger partial charge in [-0.1, -0.05) is 0 Å². The van der Waals surface area contributed by atoms with Gasteiger partial charge in [0.2, 0.25) is 5.95 Å². The molecule has 1 aliphatic heterocycles. The maximum absolute atomic E-state index is 4.48.